The molecule has 0 aromatic heterocycles. The third-order valence-electron chi connectivity index (χ3n) is 3.40. The predicted molar refractivity (Wildman–Crippen MR) is 89.7 cm³/mol. The fraction of sp³-hybridized carbons (Fsp3) is 0.471. The third-order valence-corrected chi connectivity index (χ3v) is 3.40. The van der Waals surface area contributed by atoms with Gasteiger partial charge in [0.15, 0.2) is 0 Å². The van der Waals surface area contributed by atoms with Gasteiger partial charge in [-0.3, -0.25) is 9.59 Å². The van der Waals surface area contributed by atoms with Crippen LogP contribution in [0.2, 0.25) is 0 Å². The smallest absolute Gasteiger partial charge is 0.340 e. The first kappa shape index (κ1) is 19.6. The summed E-state index contributed by atoms with van der Waals surface area (Å²) in [4.78, 5) is 36.6. The molecule has 0 bridgehead atoms. The monoisotopic (exact) mass is 336 g/mol. The largest absolute Gasteiger partial charge is 0.462 e. The van der Waals surface area contributed by atoms with E-state index in [-0.39, 0.29) is 12.2 Å². The van der Waals surface area contributed by atoms with Gasteiger partial charge in [-0.15, -0.1) is 0 Å². The van der Waals surface area contributed by atoms with Gasteiger partial charge in [0, 0.05) is 13.7 Å². The van der Waals surface area contributed by atoms with Gasteiger partial charge in [-0.2, -0.15) is 0 Å². The molecule has 2 N–H and O–H groups in total. The number of hydrogen-bond donors (Lipinski definition) is 2. The molecule has 0 aliphatic heterocycles. The van der Waals surface area contributed by atoms with Crippen molar-refractivity contribution in [2.75, 3.05) is 32.2 Å². The van der Waals surface area contributed by atoms with Crippen molar-refractivity contribution >= 4 is 23.5 Å². The Morgan fingerprint density at radius 3 is 2.42 bits per heavy atom. The minimum absolute atomic E-state index is 0.231. The molecule has 7 nitrogen and oxygen atoms in total. The highest BCUT2D eigenvalue weighted by Gasteiger charge is 2.36. The average molecular weight is 336 g/mol. The second-order valence-corrected chi connectivity index (χ2v) is 5.59. The summed E-state index contributed by atoms with van der Waals surface area (Å²) in [5, 5.41) is 5.26. The average Bonchev–Trinajstić information content (AvgIpc) is 2.55. The molecule has 132 valence electrons. The molecule has 7 heteroatoms. The SMILES string of the molecule is CCOC(=O)c1ccccc1NC(=O)C(C)(C)C(=O)NCCOC. The lowest BCUT2D eigenvalue weighted by molar-refractivity contribution is -0.138. The van der Waals surface area contributed by atoms with Crippen LogP contribution in [-0.4, -0.2) is 44.7 Å². The van der Waals surface area contributed by atoms with E-state index >= 15 is 0 Å². The Morgan fingerprint density at radius 1 is 1.12 bits per heavy atom. The van der Waals surface area contributed by atoms with Gasteiger partial charge in [0.2, 0.25) is 11.8 Å². The Hall–Kier alpha value is -2.41. The Kier molecular flexibility index (Phi) is 7.38. The van der Waals surface area contributed by atoms with Crippen molar-refractivity contribution in [1.82, 2.24) is 5.32 Å². The molecule has 0 aliphatic carbocycles. The van der Waals surface area contributed by atoms with Crippen molar-refractivity contribution in [3.05, 3.63) is 29.8 Å². The summed E-state index contributed by atoms with van der Waals surface area (Å²) < 4.78 is 9.82. The number of benzene rings is 1. The van der Waals surface area contributed by atoms with Gasteiger partial charge in [-0.25, -0.2) is 4.79 Å². The lowest BCUT2D eigenvalue weighted by Crippen LogP contribution is -2.46. The Morgan fingerprint density at radius 2 is 1.79 bits per heavy atom. The topological polar surface area (TPSA) is 93.7 Å². The molecule has 0 unspecified atom stereocenters. The first-order chi connectivity index (χ1) is 11.3. The molecule has 0 atom stereocenters. The second-order valence-electron chi connectivity index (χ2n) is 5.59. The number of para-hydroxylation sites is 1. The van der Waals surface area contributed by atoms with Crippen molar-refractivity contribution in [2.45, 2.75) is 20.8 Å². The van der Waals surface area contributed by atoms with Crippen LogP contribution in [0.5, 0.6) is 0 Å². The van der Waals surface area contributed by atoms with E-state index in [2.05, 4.69) is 10.6 Å². The van der Waals surface area contributed by atoms with Crippen LogP contribution in [0.4, 0.5) is 5.69 Å². The Labute approximate surface area is 141 Å². The van der Waals surface area contributed by atoms with Crippen molar-refractivity contribution in [2.24, 2.45) is 5.41 Å². The van der Waals surface area contributed by atoms with E-state index < -0.39 is 23.2 Å². The summed E-state index contributed by atoms with van der Waals surface area (Å²) >= 11 is 0. The van der Waals surface area contributed by atoms with Crippen LogP contribution in [0, 0.1) is 5.41 Å². The molecule has 1 aromatic carbocycles. The summed E-state index contributed by atoms with van der Waals surface area (Å²) in [5.41, 5.74) is -0.766. The number of nitrogens with one attached hydrogen (secondary N) is 2. The lowest BCUT2D eigenvalue weighted by Gasteiger charge is -2.23. The third kappa shape index (κ3) is 5.06. The van der Waals surface area contributed by atoms with Crippen LogP contribution < -0.4 is 10.6 Å². The van der Waals surface area contributed by atoms with Gasteiger partial charge in [0.25, 0.3) is 0 Å². The van der Waals surface area contributed by atoms with Crippen molar-refractivity contribution in [3.8, 4) is 0 Å². The fourth-order valence-corrected chi connectivity index (χ4v) is 1.85. The van der Waals surface area contributed by atoms with E-state index in [1.165, 1.54) is 21.0 Å². The standard InChI is InChI=1S/C17H24N2O5/c1-5-24-14(20)12-8-6-7-9-13(12)19-16(22)17(2,3)15(21)18-10-11-23-4/h6-9H,5,10-11H2,1-4H3,(H,18,21)(H,19,22). The normalized spacial score (nSPS) is 10.8. The summed E-state index contributed by atoms with van der Waals surface area (Å²) in [7, 11) is 1.52. The van der Waals surface area contributed by atoms with E-state index in [1.54, 1.807) is 31.2 Å². The van der Waals surface area contributed by atoms with Crippen LogP contribution in [0.15, 0.2) is 24.3 Å². The number of methoxy groups -OCH3 is 1. The highest BCUT2D eigenvalue weighted by atomic mass is 16.5. The maximum absolute atomic E-state index is 12.5. The van der Waals surface area contributed by atoms with E-state index in [4.69, 9.17) is 9.47 Å². The molecule has 1 aromatic rings. The number of rotatable bonds is 8. The van der Waals surface area contributed by atoms with E-state index in [0.717, 1.165) is 0 Å². The molecule has 0 saturated carbocycles. The maximum atomic E-state index is 12.5. The molecule has 0 aliphatic rings. The molecule has 0 heterocycles. The zero-order valence-corrected chi connectivity index (χ0v) is 14.5. The maximum Gasteiger partial charge on any atom is 0.340 e. The van der Waals surface area contributed by atoms with Crippen LogP contribution in [0.1, 0.15) is 31.1 Å². The molecule has 0 spiro atoms. The van der Waals surface area contributed by atoms with E-state index in [0.29, 0.717) is 18.8 Å². The molecular weight excluding hydrogens is 312 g/mol. The zero-order chi connectivity index (χ0) is 18.2. The number of esters is 1. The Balaban J connectivity index is 2.87. The second kappa shape index (κ2) is 9.02. The summed E-state index contributed by atoms with van der Waals surface area (Å²) in [6.07, 6.45) is 0. The van der Waals surface area contributed by atoms with Gasteiger partial charge in [-0.05, 0) is 32.9 Å². The Bertz CT molecular complexity index is 598. The summed E-state index contributed by atoms with van der Waals surface area (Å²) in [5.74, 6) is -1.48. The minimum Gasteiger partial charge on any atom is -0.462 e. The van der Waals surface area contributed by atoms with Gasteiger partial charge < -0.3 is 20.1 Å². The first-order valence-corrected chi connectivity index (χ1v) is 7.69. The van der Waals surface area contributed by atoms with Crippen LogP contribution in [0.25, 0.3) is 0 Å². The molecule has 0 fully saturated rings. The highest BCUT2D eigenvalue weighted by Crippen LogP contribution is 2.22. The summed E-state index contributed by atoms with van der Waals surface area (Å²) in [6, 6.07) is 6.50. The van der Waals surface area contributed by atoms with Gasteiger partial charge >= 0.3 is 5.97 Å². The van der Waals surface area contributed by atoms with E-state index in [1.807, 2.05) is 0 Å². The predicted octanol–water partition coefficient (Wildman–Crippen LogP) is 1.59. The molecule has 0 radical (unpaired) electrons. The quantitative estimate of drug-likeness (QED) is 0.427. The fourth-order valence-electron chi connectivity index (χ4n) is 1.85. The van der Waals surface area contributed by atoms with E-state index in [9.17, 15) is 14.4 Å². The summed E-state index contributed by atoms with van der Waals surface area (Å²) in [6.45, 7) is 5.62. The molecule has 0 saturated heterocycles. The molecular formula is C17H24N2O5. The van der Waals surface area contributed by atoms with Crippen molar-refractivity contribution in [1.29, 1.82) is 0 Å². The van der Waals surface area contributed by atoms with Crippen LogP contribution in [0.3, 0.4) is 0 Å². The molecule has 24 heavy (non-hydrogen) atoms. The number of carbonyl (C=O) groups is 3. The number of ether oxygens (including phenoxy) is 2. The minimum atomic E-state index is -1.31. The van der Waals surface area contributed by atoms with Crippen LogP contribution >= 0.6 is 0 Å². The van der Waals surface area contributed by atoms with Gasteiger partial charge in [0.05, 0.1) is 24.5 Å². The van der Waals surface area contributed by atoms with Crippen LogP contribution in [-0.2, 0) is 19.1 Å². The number of carbonyl (C=O) groups excluding carboxylic acids is 3. The van der Waals surface area contributed by atoms with Crippen molar-refractivity contribution in [3.63, 3.8) is 0 Å². The lowest BCUT2D eigenvalue weighted by atomic mass is 9.90. The van der Waals surface area contributed by atoms with Crippen molar-refractivity contribution < 1.29 is 23.9 Å². The zero-order valence-electron chi connectivity index (χ0n) is 14.5. The van der Waals surface area contributed by atoms with Gasteiger partial charge in [-0.1, -0.05) is 12.1 Å². The highest BCUT2D eigenvalue weighted by molar-refractivity contribution is 6.11. The number of hydrogen-bond acceptors (Lipinski definition) is 5. The van der Waals surface area contributed by atoms with Gasteiger partial charge in [0.1, 0.15) is 5.41 Å². The molecule has 2 amide bonds. The first-order valence-electron chi connectivity index (χ1n) is 7.69. The number of anilines is 1. The molecule has 1 rings (SSSR count). The number of amides is 2.